The van der Waals surface area contributed by atoms with Gasteiger partial charge in [-0.25, -0.2) is 0 Å². The quantitative estimate of drug-likeness (QED) is 0.559. The second kappa shape index (κ2) is 6.96. The first kappa shape index (κ1) is 16.8. The molecule has 2 aliphatic rings. The van der Waals surface area contributed by atoms with E-state index < -0.39 is 0 Å². The maximum absolute atomic E-state index is 4.44. The highest BCUT2D eigenvalue weighted by Crippen LogP contribution is 2.38. The molecule has 0 atom stereocenters. The van der Waals surface area contributed by atoms with Crippen molar-refractivity contribution in [2.24, 2.45) is 0 Å². The molecule has 0 fully saturated rings. The van der Waals surface area contributed by atoms with E-state index >= 15 is 0 Å². The van der Waals surface area contributed by atoms with Crippen LogP contribution in [0.2, 0.25) is 0 Å². The van der Waals surface area contributed by atoms with Crippen LogP contribution in [-0.4, -0.2) is 0 Å². The van der Waals surface area contributed by atoms with Gasteiger partial charge in [-0.2, -0.15) is 0 Å². The number of aryl methyl sites for hydroxylation is 2. The van der Waals surface area contributed by atoms with Crippen molar-refractivity contribution in [3.8, 4) is 0 Å². The van der Waals surface area contributed by atoms with Gasteiger partial charge in [0.15, 0.2) is 0 Å². The Hall–Kier alpha value is -2.60. The van der Waals surface area contributed by atoms with Crippen molar-refractivity contribution in [1.82, 2.24) is 0 Å². The highest BCUT2D eigenvalue weighted by molar-refractivity contribution is 5.75. The van der Waals surface area contributed by atoms with Gasteiger partial charge in [0.25, 0.3) is 0 Å². The van der Waals surface area contributed by atoms with E-state index in [0.29, 0.717) is 0 Å². The van der Waals surface area contributed by atoms with Crippen LogP contribution in [0.1, 0.15) is 47.6 Å². The minimum atomic E-state index is 0.938. The normalized spacial score (nSPS) is 15.4. The largest absolute Gasteiger partial charge is 0.0949 e. The molecule has 0 N–H and O–H groups in total. The Bertz CT molecular complexity index is 963. The Balaban J connectivity index is 1.54. The lowest BCUT2D eigenvalue weighted by atomic mass is 9.90. The van der Waals surface area contributed by atoms with Gasteiger partial charge in [0, 0.05) is 0 Å². The Morgan fingerprint density at radius 3 is 2.73 bits per heavy atom. The molecule has 0 aromatic heterocycles. The molecule has 0 heteroatoms. The molecule has 0 radical (unpaired) electrons. The zero-order valence-corrected chi connectivity index (χ0v) is 15.8. The summed E-state index contributed by atoms with van der Waals surface area (Å²) < 4.78 is 0. The lowest BCUT2D eigenvalue weighted by Gasteiger charge is -2.15. The molecule has 2 aromatic carbocycles. The van der Waals surface area contributed by atoms with Gasteiger partial charge in [-0.15, -0.1) is 0 Å². The zero-order chi connectivity index (χ0) is 18.1. The second-order valence-electron chi connectivity index (χ2n) is 7.41. The molecular weight excluding hydrogens is 312 g/mol. The van der Waals surface area contributed by atoms with E-state index in [1.54, 1.807) is 0 Å². The van der Waals surface area contributed by atoms with Gasteiger partial charge in [0.2, 0.25) is 0 Å². The lowest BCUT2D eigenvalue weighted by molar-refractivity contribution is 1.12. The minimum absolute atomic E-state index is 0.938. The monoisotopic (exact) mass is 338 g/mol. The summed E-state index contributed by atoms with van der Waals surface area (Å²) in [6.45, 7) is 8.84. The third-order valence-corrected chi connectivity index (χ3v) is 5.64. The Morgan fingerprint density at radius 2 is 1.92 bits per heavy atom. The van der Waals surface area contributed by atoms with Crippen LogP contribution in [-0.2, 0) is 12.8 Å². The predicted octanol–water partition coefficient (Wildman–Crippen LogP) is 6.86. The molecule has 0 saturated carbocycles. The third-order valence-electron chi connectivity index (χ3n) is 5.64. The van der Waals surface area contributed by atoms with Crippen LogP contribution in [0.15, 0.2) is 77.9 Å². The van der Waals surface area contributed by atoms with Crippen molar-refractivity contribution >= 4 is 11.6 Å². The first-order valence-electron chi connectivity index (χ1n) is 9.62. The van der Waals surface area contributed by atoms with Crippen molar-refractivity contribution in [3.05, 3.63) is 106 Å². The highest BCUT2D eigenvalue weighted by atomic mass is 14.2. The number of hydrogen-bond acceptors (Lipinski definition) is 0. The van der Waals surface area contributed by atoms with E-state index in [2.05, 4.69) is 81.1 Å². The van der Waals surface area contributed by atoms with E-state index in [9.17, 15) is 0 Å². The van der Waals surface area contributed by atoms with Crippen molar-refractivity contribution < 1.29 is 0 Å². The van der Waals surface area contributed by atoms with Crippen molar-refractivity contribution in [3.63, 3.8) is 0 Å². The van der Waals surface area contributed by atoms with E-state index in [4.69, 9.17) is 0 Å². The van der Waals surface area contributed by atoms with Crippen LogP contribution in [0.25, 0.3) is 11.6 Å². The second-order valence-corrected chi connectivity index (χ2v) is 7.41. The molecule has 0 nitrogen and oxygen atoms in total. The Labute approximate surface area is 157 Å². The van der Waals surface area contributed by atoms with Crippen LogP contribution in [0, 0.1) is 6.92 Å². The number of allylic oxidation sites excluding steroid dienone is 6. The van der Waals surface area contributed by atoms with Gasteiger partial charge in [-0.05, 0) is 82.7 Å². The molecule has 2 aromatic rings. The molecule has 0 bridgehead atoms. The maximum atomic E-state index is 4.44. The molecule has 0 saturated heterocycles. The van der Waals surface area contributed by atoms with Gasteiger partial charge in [-0.3, -0.25) is 0 Å². The van der Waals surface area contributed by atoms with Gasteiger partial charge >= 0.3 is 0 Å². The smallest absolute Gasteiger partial charge is 0.00137 e. The van der Waals surface area contributed by atoms with E-state index in [0.717, 1.165) is 25.7 Å². The summed E-state index contributed by atoms with van der Waals surface area (Å²) in [4.78, 5) is 0. The summed E-state index contributed by atoms with van der Waals surface area (Å²) in [6.07, 6.45) is 11.2. The number of hydrogen-bond donors (Lipinski definition) is 0. The van der Waals surface area contributed by atoms with Crippen molar-refractivity contribution in [1.29, 1.82) is 0 Å². The summed E-state index contributed by atoms with van der Waals surface area (Å²) in [6, 6.07) is 15.5. The fourth-order valence-corrected chi connectivity index (χ4v) is 4.11. The van der Waals surface area contributed by atoms with E-state index in [-0.39, 0.29) is 0 Å². The summed E-state index contributed by atoms with van der Waals surface area (Å²) >= 11 is 0. The Kier molecular flexibility index (Phi) is 4.51. The molecule has 130 valence electrons. The Morgan fingerprint density at radius 1 is 1.08 bits per heavy atom. The van der Waals surface area contributed by atoms with Crippen molar-refractivity contribution in [2.45, 2.75) is 39.5 Å². The SMILES string of the molecule is C=C(CC1=CCC=C1C1=Cc2ccccc2C1)c1cc(CC)ccc1C. The summed E-state index contributed by atoms with van der Waals surface area (Å²) in [5.41, 5.74) is 12.4. The van der Waals surface area contributed by atoms with Crippen LogP contribution in [0.4, 0.5) is 0 Å². The first-order valence-corrected chi connectivity index (χ1v) is 9.62. The van der Waals surface area contributed by atoms with Gasteiger partial charge in [-0.1, -0.05) is 74.2 Å². The maximum Gasteiger partial charge on any atom is -0.00137 e. The summed E-state index contributed by atoms with van der Waals surface area (Å²) in [5.74, 6) is 0. The lowest BCUT2D eigenvalue weighted by Crippen LogP contribution is -1.96. The molecule has 0 aliphatic heterocycles. The van der Waals surface area contributed by atoms with Crippen LogP contribution < -0.4 is 0 Å². The minimum Gasteiger partial charge on any atom is -0.0949 e. The number of fused-ring (bicyclic) bond motifs is 1. The first-order chi connectivity index (χ1) is 12.7. The summed E-state index contributed by atoms with van der Waals surface area (Å²) in [7, 11) is 0. The predicted molar refractivity (Wildman–Crippen MR) is 113 cm³/mol. The van der Waals surface area contributed by atoms with E-state index in [1.165, 1.54) is 50.1 Å². The fraction of sp³-hybridized carbons (Fsp3) is 0.231. The van der Waals surface area contributed by atoms with Crippen molar-refractivity contribution in [2.75, 3.05) is 0 Å². The molecular formula is C26H26. The van der Waals surface area contributed by atoms with Gasteiger partial charge < -0.3 is 0 Å². The highest BCUT2D eigenvalue weighted by Gasteiger charge is 2.20. The number of benzene rings is 2. The molecule has 2 aliphatic carbocycles. The average Bonchev–Trinajstić information content (AvgIpc) is 3.28. The molecule has 0 spiro atoms. The molecule has 0 unspecified atom stereocenters. The van der Waals surface area contributed by atoms with E-state index in [1.807, 2.05) is 0 Å². The van der Waals surface area contributed by atoms with Crippen LogP contribution in [0.3, 0.4) is 0 Å². The molecule has 26 heavy (non-hydrogen) atoms. The summed E-state index contributed by atoms with van der Waals surface area (Å²) in [5, 5.41) is 0. The number of rotatable bonds is 5. The molecule has 0 amide bonds. The molecule has 0 heterocycles. The topological polar surface area (TPSA) is 0 Å². The third kappa shape index (κ3) is 3.12. The van der Waals surface area contributed by atoms with Crippen LogP contribution in [0.5, 0.6) is 0 Å². The zero-order valence-electron chi connectivity index (χ0n) is 15.8. The van der Waals surface area contributed by atoms with Gasteiger partial charge in [0.1, 0.15) is 0 Å². The van der Waals surface area contributed by atoms with Gasteiger partial charge in [0.05, 0.1) is 0 Å². The standard InChI is InChI=1S/C26H26/c1-4-20-13-12-18(2)26(15-20)19(3)14-23-10-7-11-25(23)24-16-21-8-5-6-9-22(21)17-24/h5-6,8-13,15-16H,3-4,7,14,17H2,1-2H3. The average molecular weight is 338 g/mol. The van der Waals surface area contributed by atoms with Crippen LogP contribution >= 0.6 is 0 Å². The molecule has 4 rings (SSSR count). The fourth-order valence-electron chi connectivity index (χ4n) is 4.11.